The van der Waals surface area contributed by atoms with Gasteiger partial charge in [-0.15, -0.1) is 21.5 Å². The van der Waals surface area contributed by atoms with Crippen molar-refractivity contribution < 1.29 is 23.9 Å². The third-order valence-corrected chi connectivity index (χ3v) is 6.83. The normalized spacial score (nSPS) is 10.6. The van der Waals surface area contributed by atoms with Gasteiger partial charge in [0.2, 0.25) is 5.91 Å². The molecule has 0 spiro atoms. The molecule has 3 rings (SSSR count). The Morgan fingerprint density at radius 2 is 1.78 bits per heavy atom. The van der Waals surface area contributed by atoms with Crippen LogP contribution in [0, 0.1) is 6.92 Å². The van der Waals surface area contributed by atoms with Crippen molar-refractivity contribution in [3.63, 3.8) is 0 Å². The van der Waals surface area contributed by atoms with E-state index in [9.17, 15) is 14.4 Å². The Morgan fingerprint density at radius 1 is 1.09 bits per heavy atom. The van der Waals surface area contributed by atoms with Gasteiger partial charge in [-0.05, 0) is 18.1 Å². The molecule has 2 aromatic heterocycles. The average molecular weight is 475 g/mol. The van der Waals surface area contributed by atoms with Crippen LogP contribution in [-0.4, -0.2) is 52.6 Å². The van der Waals surface area contributed by atoms with Crippen LogP contribution < -0.4 is 5.32 Å². The summed E-state index contributed by atoms with van der Waals surface area (Å²) in [5, 5.41) is 11.9. The van der Waals surface area contributed by atoms with Crippen molar-refractivity contribution in [3.05, 3.63) is 57.7 Å². The van der Waals surface area contributed by atoms with E-state index in [1.54, 1.807) is 6.92 Å². The fourth-order valence-electron chi connectivity index (χ4n) is 2.93. The van der Waals surface area contributed by atoms with E-state index in [1.165, 1.54) is 26.0 Å². The molecule has 0 atom stereocenters. The molecule has 1 amide bonds. The van der Waals surface area contributed by atoms with Gasteiger partial charge in [-0.3, -0.25) is 4.79 Å². The number of thioether (sulfide) groups is 1. The molecule has 1 N–H and O–H groups in total. The Kier molecular flexibility index (Phi) is 7.65. The standard InChI is InChI=1S/C21H22N4O5S2/c1-12-16(19(27)29-3)18(32-17(12)20(28)30-4)22-15(26)11-31-21-24-23-14(25(21)2)10-13-8-6-5-7-9-13/h5-9H,10-11H2,1-4H3,(H,22,26). The van der Waals surface area contributed by atoms with E-state index in [-0.39, 0.29) is 27.1 Å². The summed E-state index contributed by atoms with van der Waals surface area (Å²) in [7, 11) is 4.33. The van der Waals surface area contributed by atoms with Crippen molar-refractivity contribution >= 4 is 45.9 Å². The van der Waals surface area contributed by atoms with Crippen molar-refractivity contribution in [2.45, 2.75) is 18.5 Å². The molecule has 0 unspecified atom stereocenters. The lowest BCUT2D eigenvalue weighted by Gasteiger charge is -2.06. The predicted octanol–water partition coefficient (Wildman–Crippen LogP) is 3.08. The van der Waals surface area contributed by atoms with Gasteiger partial charge in [-0.2, -0.15) is 0 Å². The molecule has 0 aliphatic carbocycles. The maximum Gasteiger partial charge on any atom is 0.348 e. The molecule has 0 saturated heterocycles. The lowest BCUT2D eigenvalue weighted by atomic mass is 10.1. The summed E-state index contributed by atoms with van der Waals surface area (Å²) >= 11 is 2.19. The average Bonchev–Trinajstić information content (AvgIpc) is 3.31. The lowest BCUT2D eigenvalue weighted by Crippen LogP contribution is -2.16. The molecule has 0 radical (unpaired) electrons. The number of rotatable bonds is 8. The van der Waals surface area contributed by atoms with Crippen LogP contribution in [0.15, 0.2) is 35.5 Å². The zero-order valence-corrected chi connectivity index (χ0v) is 19.6. The van der Waals surface area contributed by atoms with E-state index in [0.717, 1.165) is 22.7 Å². The van der Waals surface area contributed by atoms with Crippen molar-refractivity contribution in [3.8, 4) is 0 Å². The van der Waals surface area contributed by atoms with E-state index < -0.39 is 11.9 Å². The van der Waals surface area contributed by atoms with Gasteiger partial charge in [0.05, 0.1) is 25.5 Å². The zero-order valence-electron chi connectivity index (χ0n) is 18.0. The summed E-state index contributed by atoms with van der Waals surface area (Å²) < 4.78 is 11.4. The minimum absolute atomic E-state index is 0.0441. The van der Waals surface area contributed by atoms with Crippen LogP contribution in [0.3, 0.4) is 0 Å². The SMILES string of the molecule is COC(=O)c1sc(NC(=O)CSc2nnc(Cc3ccccc3)n2C)c(C(=O)OC)c1C. The topological polar surface area (TPSA) is 112 Å². The smallest absolute Gasteiger partial charge is 0.348 e. The first-order valence-corrected chi connectivity index (χ1v) is 11.3. The van der Waals surface area contributed by atoms with Crippen LogP contribution in [0.2, 0.25) is 0 Å². The molecule has 11 heteroatoms. The van der Waals surface area contributed by atoms with Crippen molar-refractivity contribution in [1.29, 1.82) is 0 Å². The molecular formula is C21H22N4O5S2. The Morgan fingerprint density at radius 3 is 2.44 bits per heavy atom. The van der Waals surface area contributed by atoms with E-state index >= 15 is 0 Å². The van der Waals surface area contributed by atoms with Gasteiger partial charge in [-0.1, -0.05) is 42.1 Å². The first-order valence-electron chi connectivity index (χ1n) is 9.50. The molecule has 0 bridgehead atoms. The number of aromatic nitrogens is 3. The van der Waals surface area contributed by atoms with Gasteiger partial charge >= 0.3 is 11.9 Å². The molecule has 32 heavy (non-hydrogen) atoms. The summed E-state index contributed by atoms with van der Waals surface area (Å²) in [6, 6.07) is 9.91. The zero-order chi connectivity index (χ0) is 23.3. The van der Waals surface area contributed by atoms with Crippen LogP contribution in [0.5, 0.6) is 0 Å². The minimum atomic E-state index is -0.643. The number of thiophene rings is 1. The highest BCUT2D eigenvalue weighted by Crippen LogP contribution is 2.34. The van der Waals surface area contributed by atoms with E-state index in [4.69, 9.17) is 9.47 Å². The molecule has 3 aromatic rings. The molecule has 1 aromatic carbocycles. The molecule has 0 aliphatic rings. The fourth-order valence-corrected chi connectivity index (χ4v) is 4.79. The molecule has 2 heterocycles. The third kappa shape index (κ3) is 5.17. The Hall–Kier alpha value is -3.18. The predicted molar refractivity (Wildman–Crippen MR) is 121 cm³/mol. The molecule has 0 saturated carbocycles. The number of nitrogens with one attached hydrogen (secondary N) is 1. The van der Waals surface area contributed by atoms with Crippen LogP contribution >= 0.6 is 23.1 Å². The number of hydrogen-bond donors (Lipinski definition) is 1. The fraction of sp³-hybridized carbons (Fsp3) is 0.286. The molecule has 0 aliphatic heterocycles. The summed E-state index contributed by atoms with van der Waals surface area (Å²) in [4.78, 5) is 37.0. The maximum atomic E-state index is 12.6. The number of nitrogens with zero attached hydrogens (tertiary/aromatic N) is 3. The third-order valence-electron chi connectivity index (χ3n) is 4.62. The molecule has 168 valence electrons. The summed E-state index contributed by atoms with van der Waals surface area (Å²) in [5.41, 5.74) is 1.65. The second kappa shape index (κ2) is 10.4. The summed E-state index contributed by atoms with van der Waals surface area (Å²) in [5.74, 6) is -0.759. The highest BCUT2D eigenvalue weighted by molar-refractivity contribution is 7.99. The number of benzene rings is 1. The van der Waals surface area contributed by atoms with Gasteiger partial charge < -0.3 is 19.4 Å². The van der Waals surface area contributed by atoms with Gasteiger partial charge in [0, 0.05) is 13.5 Å². The van der Waals surface area contributed by atoms with Crippen LogP contribution in [0.25, 0.3) is 0 Å². The molecule has 9 nitrogen and oxygen atoms in total. The van der Waals surface area contributed by atoms with Gasteiger partial charge in [0.15, 0.2) is 5.16 Å². The minimum Gasteiger partial charge on any atom is -0.465 e. The Balaban J connectivity index is 1.69. The molecule has 0 fully saturated rings. The first kappa shape index (κ1) is 23.5. The number of carbonyl (C=O) groups is 3. The van der Waals surface area contributed by atoms with E-state index in [0.29, 0.717) is 17.1 Å². The lowest BCUT2D eigenvalue weighted by molar-refractivity contribution is -0.113. The summed E-state index contributed by atoms with van der Waals surface area (Å²) in [6.45, 7) is 1.60. The van der Waals surface area contributed by atoms with Crippen LogP contribution in [-0.2, 0) is 27.7 Å². The second-order valence-electron chi connectivity index (χ2n) is 6.70. The number of amides is 1. The highest BCUT2D eigenvalue weighted by atomic mass is 32.2. The van der Waals surface area contributed by atoms with Gasteiger partial charge in [0.25, 0.3) is 0 Å². The van der Waals surface area contributed by atoms with Gasteiger partial charge in [-0.25, -0.2) is 9.59 Å². The van der Waals surface area contributed by atoms with E-state index in [2.05, 4.69) is 15.5 Å². The number of methoxy groups -OCH3 is 2. The first-order chi connectivity index (χ1) is 15.3. The van der Waals surface area contributed by atoms with Crippen molar-refractivity contribution in [1.82, 2.24) is 14.8 Å². The number of hydrogen-bond acceptors (Lipinski definition) is 9. The number of anilines is 1. The van der Waals surface area contributed by atoms with Crippen LogP contribution in [0.4, 0.5) is 5.00 Å². The number of ether oxygens (including phenoxy) is 2. The summed E-state index contributed by atoms with van der Waals surface area (Å²) in [6.07, 6.45) is 0.629. The number of carbonyl (C=O) groups excluding carboxylic acids is 3. The highest BCUT2D eigenvalue weighted by Gasteiger charge is 2.26. The molecular weight excluding hydrogens is 452 g/mol. The Bertz CT molecular complexity index is 1140. The van der Waals surface area contributed by atoms with E-state index in [1.807, 2.05) is 41.9 Å². The monoisotopic (exact) mass is 474 g/mol. The Labute approximate surface area is 193 Å². The van der Waals surface area contributed by atoms with Crippen molar-refractivity contribution in [2.75, 3.05) is 25.3 Å². The largest absolute Gasteiger partial charge is 0.465 e. The second-order valence-corrected chi connectivity index (χ2v) is 8.66. The van der Waals surface area contributed by atoms with Crippen molar-refractivity contribution in [2.24, 2.45) is 7.05 Å². The quantitative estimate of drug-likeness (QED) is 0.392. The van der Waals surface area contributed by atoms with Gasteiger partial charge in [0.1, 0.15) is 15.7 Å². The van der Waals surface area contributed by atoms with Crippen LogP contribution in [0.1, 0.15) is 37.0 Å². The number of esters is 2. The maximum absolute atomic E-state index is 12.6.